The molecule has 6 heteroatoms. The predicted molar refractivity (Wildman–Crippen MR) is 100 cm³/mol. The van der Waals surface area contributed by atoms with Gasteiger partial charge in [0.25, 0.3) is 0 Å². The smallest absolute Gasteiger partial charge is 0.158 e. The maximum Gasteiger partial charge on any atom is 0.158 e. The standard InChI is InChI=1S/C20H21N5O/c1-23-17-5-3-2-4-15(17)16-7-6-14(10-18(16)23)11-24-8-9-25-19(12-24)21-22-20(25)13-26/h2-7,10,26H,8-9,11-13H2,1H3. The van der Waals surface area contributed by atoms with E-state index in [-0.39, 0.29) is 6.61 Å². The number of aryl methyl sites for hydroxylation is 1. The fraction of sp³-hybridized carbons (Fsp3) is 0.300. The maximum atomic E-state index is 9.33. The molecule has 0 amide bonds. The van der Waals surface area contributed by atoms with Gasteiger partial charge in [-0.05, 0) is 17.7 Å². The van der Waals surface area contributed by atoms with Crippen molar-refractivity contribution in [2.75, 3.05) is 6.54 Å². The number of hydrogen-bond donors (Lipinski definition) is 1. The minimum absolute atomic E-state index is 0.0509. The van der Waals surface area contributed by atoms with Gasteiger partial charge in [-0.3, -0.25) is 4.90 Å². The lowest BCUT2D eigenvalue weighted by atomic mass is 10.1. The highest BCUT2D eigenvalue weighted by atomic mass is 16.3. The molecule has 0 saturated heterocycles. The van der Waals surface area contributed by atoms with Crippen LogP contribution in [0.15, 0.2) is 42.5 Å². The fourth-order valence-electron chi connectivity index (χ4n) is 4.08. The molecular formula is C20H21N5O. The summed E-state index contributed by atoms with van der Waals surface area (Å²) in [5, 5.41) is 20.2. The third kappa shape index (κ3) is 2.34. The average molecular weight is 347 g/mol. The summed E-state index contributed by atoms with van der Waals surface area (Å²) in [5.41, 5.74) is 3.84. The third-order valence-electron chi connectivity index (χ3n) is 5.44. The van der Waals surface area contributed by atoms with Crippen LogP contribution >= 0.6 is 0 Å². The number of para-hydroxylation sites is 1. The molecule has 1 N–H and O–H groups in total. The van der Waals surface area contributed by atoms with Gasteiger partial charge < -0.3 is 14.2 Å². The van der Waals surface area contributed by atoms with Gasteiger partial charge in [-0.15, -0.1) is 10.2 Å². The van der Waals surface area contributed by atoms with Crippen LogP contribution in [0.25, 0.3) is 21.8 Å². The van der Waals surface area contributed by atoms with Crippen molar-refractivity contribution in [1.29, 1.82) is 0 Å². The number of rotatable bonds is 3. The van der Waals surface area contributed by atoms with Crippen LogP contribution in [0.1, 0.15) is 17.2 Å². The minimum atomic E-state index is -0.0509. The van der Waals surface area contributed by atoms with E-state index >= 15 is 0 Å². The number of fused-ring (bicyclic) bond motifs is 4. The summed E-state index contributed by atoms with van der Waals surface area (Å²) in [6, 6.07) is 15.3. The van der Waals surface area contributed by atoms with Crippen molar-refractivity contribution < 1.29 is 5.11 Å². The molecule has 0 bridgehead atoms. The third-order valence-corrected chi connectivity index (χ3v) is 5.44. The van der Waals surface area contributed by atoms with Crippen molar-refractivity contribution in [2.24, 2.45) is 7.05 Å². The molecule has 0 saturated carbocycles. The molecule has 2 aromatic heterocycles. The molecule has 0 unspecified atom stereocenters. The Hall–Kier alpha value is -2.70. The normalized spacial score (nSPS) is 15.0. The Morgan fingerprint density at radius 2 is 1.85 bits per heavy atom. The summed E-state index contributed by atoms with van der Waals surface area (Å²) in [5.74, 6) is 1.60. The van der Waals surface area contributed by atoms with Crippen LogP contribution < -0.4 is 0 Å². The number of benzene rings is 2. The van der Waals surface area contributed by atoms with Crippen molar-refractivity contribution in [3.63, 3.8) is 0 Å². The first-order chi connectivity index (χ1) is 12.7. The first-order valence-corrected chi connectivity index (χ1v) is 8.95. The van der Waals surface area contributed by atoms with Gasteiger partial charge in [0.2, 0.25) is 0 Å². The number of aliphatic hydroxyl groups excluding tert-OH is 1. The molecule has 0 fully saturated rings. The number of aliphatic hydroxyl groups is 1. The molecule has 0 atom stereocenters. The summed E-state index contributed by atoms with van der Waals surface area (Å²) >= 11 is 0. The van der Waals surface area contributed by atoms with Crippen LogP contribution in [-0.4, -0.2) is 35.9 Å². The molecule has 1 aliphatic rings. The van der Waals surface area contributed by atoms with E-state index in [0.717, 1.165) is 32.0 Å². The second-order valence-corrected chi connectivity index (χ2v) is 6.98. The summed E-state index contributed by atoms with van der Waals surface area (Å²) in [7, 11) is 2.13. The van der Waals surface area contributed by atoms with Gasteiger partial charge in [-0.25, -0.2) is 0 Å². The molecule has 4 aromatic rings. The molecular weight excluding hydrogens is 326 g/mol. The van der Waals surface area contributed by atoms with Crippen molar-refractivity contribution in [3.8, 4) is 0 Å². The van der Waals surface area contributed by atoms with E-state index < -0.39 is 0 Å². The second kappa shape index (κ2) is 5.93. The van der Waals surface area contributed by atoms with E-state index in [0.29, 0.717) is 5.82 Å². The lowest BCUT2D eigenvalue weighted by Gasteiger charge is -2.27. The Morgan fingerprint density at radius 3 is 2.73 bits per heavy atom. The van der Waals surface area contributed by atoms with Crippen LogP contribution in [0.5, 0.6) is 0 Å². The van der Waals surface area contributed by atoms with Crippen LogP contribution in [0.4, 0.5) is 0 Å². The van der Waals surface area contributed by atoms with Crippen LogP contribution in [0, 0.1) is 0 Å². The highest BCUT2D eigenvalue weighted by Crippen LogP contribution is 2.29. The molecule has 5 rings (SSSR count). The van der Waals surface area contributed by atoms with Gasteiger partial charge in [0.1, 0.15) is 12.4 Å². The summed E-state index contributed by atoms with van der Waals surface area (Å²) < 4.78 is 4.30. The molecule has 26 heavy (non-hydrogen) atoms. The van der Waals surface area contributed by atoms with Crippen molar-refractivity contribution in [1.82, 2.24) is 24.2 Å². The zero-order valence-corrected chi connectivity index (χ0v) is 14.8. The Kier molecular flexibility index (Phi) is 3.55. The maximum absolute atomic E-state index is 9.33. The van der Waals surface area contributed by atoms with E-state index in [1.54, 1.807) is 0 Å². The minimum Gasteiger partial charge on any atom is -0.388 e. The molecule has 2 aromatic carbocycles. The van der Waals surface area contributed by atoms with Crippen LogP contribution in [-0.2, 0) is 33.3 Å². The zero-order chi connectivity index (χ0) is 17.7. The summed E-state index contributed by atoms with van der Waals surface area (Å²) in [4.78, 5) is 2.38. The SMILES string of the molecule is Cn1c2ccccc2c2ccc(CN3CCn4c(CO)nnc4C3)cc21. The van der Waals surface area contributed by atoms with Gasteiger partial charge in [0.15, 0.2) is 5.82 Å². The van der Waals surface area contributed by atoms with Crippen molar-refractivity contribution in [3.05, 3.63) is 59.7 Å². The highest BCUT2D eigenvalue weighted by molar-refractivity contribution is 6.08. The molecule has 0 spiro atoms. The monoisotopic (exact) mass is 347 g/mol. The van der Waals surface area contributed by atoms with Gasteiger partial charge >= 0.3 is 0 Å². The number of hydrogen-bond acceptors (Lipinski definition) is 4. The summed E-state index contributed by atoms with van der Waals surface area (Å²) in [6.45, 7) is 3.36. The van der Waals surface area contributed by atoms with Gasteiger partial charge in [0.05, 0.1) is 6.54 Å². The van der Waals surface area contributed by atoms with Crippen LogP contribution in [0.3, 0.4) is 0 Å². The molecule has 132 valence electrons. The van der Waals surface area contributed by atoms with Gasteiger partial charge in [0, 0.05) is 48.5 Å². The Morgan fingerprint density at radius 1 is 1.00 bits per heavy atom. The van der Waals surface area contributed by atoms with Crippen molar-refractivity contribution >= 4 is 21.8 Å². The fourth-order valence-corrected chi connectivity index (χ4v) is 4.08. The topological polar surface area (TPSA) is 59.1 Å². The molecule has 0 aliphatic carbocycles. The van der Waals surface area contributed by atoms with E-state index in [4.69, 9.17) is 0 Å². The molecule has 0 radical (unpaired) electrons. The first kappa shape index (κ1) is 15.5. The first-order valence-electron chi connectivity index (χ1n) is 8.95. The Bertz CT molecular complexity index is 1110. The van der Waals surface area contributed by atoms with E-state index in [9.17, 15) is 5.11 Å². The number of nitrogens with zero attached hydrogens (tertiary/aromatic N) is 5. The number of aromatic nitrogens is 4. The quantitative estimate of drug-likeness (QED) is 0.618. The Balaban J connectivity index is 1.45. The molecule has 1 aliphatic heterocycles. The molecule has 3 heterocycles. The second-order valence-electron chi connectivity index (χ2n) is 6.98. The lowest BCUT2D eigenvalue weighted by molar-refractivity contribution is 0.199. The van der Waals surface area contributed by atoms with Crippen LogP contribution in [0.2, 0.25) is 0 Å². The average Bonchev–Trinajstić information content (AvgIpc) is 3.21. The summed E-state index contributed by atoms with van der Waals surface area (Å²) in [6.07, 6.45) is 0. The van der Waals surface area contributed by atoms with Gasteiger partial charge in [-0.1, -0.05) is 30.3 Å². The van der Waals surface area contributed by atoms with E-state index in [1.807, 2.05) is 4.57 Å². The van der Waals surface area contributed by atoms with E-state index in [2.05, 4.69) is 69.2 Å². The molecule has 6 nitrogen and oxygen atoms in total. The van der Waals surface area contributed by atoms with Gasteiger partial charge in [-0.2, -0.15) is 0 Å². The highest BCUT2D eigenvalue weighted by Gasteiger charge is 2.21. The van der Waals surface area contributed by atoms with E-state index in [1.165, 1.54) is 27.4 Å². The zero-order valence-electron chi connectivity index (χ0n) is 14.8. The Labute approximate surface area is 151 Å². The lowest BCUT2D eigenvalue weighted by Crippen LogP contribution is -2.34. The predicted octanol–water partition coefficient (Wildman–Crippen LogP) is 2.43. The largest absolute Gasteiger partial charge is 0.388 e. The van der Waals surface area contributed by atoms with Crippen molar-refractivity contribution in [2.45, 2.75) is 26.2 Å².